The number of rotatable bonds is 6. The summed E-state index contributed by atoms with van der Waals surface area (Å²) in [6.07, 6.45) is 4.95. The highest BCUT2D eigenvalue weighted by molar-refractivity contribution is 7.18. The number of nitrogens with zero attached hydrogens (tertiary/aromatic N) is 1. The van der Waals surface area contributed by atoms with Crippen molar-refractivity contribution in [3.8, 4) is 0 Å². The van der Waals surface area contributed by atoms with Gasteiger partial charge in [0.2, 0.25) is 5.91 Å². The first-order valence-electron chi connectivity index (χ1n) is 8.48. The van der Waals surface area contributed by atoms with E-state index in [-0.39, 0.29) is 17.9 Å². The van der Waals surface area contributed by atoms with Crippen LogP contribution in [-0.4, -0.2) is 28.0 Å². The van der Waals surface area contributed by atoms with Crippen LogP contribution in [0.3, 0.4) is 0 Å². The van der Waals surface area contributed by atoms with Crippen LogP contribution in [0.4, 0.5) is 0 Å². The number of hydrogen-bond donors (Lipinski definition) is 2. The predicted octanol–water partition coefficient (Wildman–Crippen LogP) is 3.38. The summed E-state index contributed by atoms with van der Waals surface area (Å²) in [5, 5.41) is 13.1. The Balaban J connectivity index is 1.39. The number of carboxylic acids is 1. The van der Waals surface area contributed by atoms with Gasteiger partial charge in [0.05, 0.1) is 21.1 Å². The molecule has 2 N–H and O–H groups in total. The molecule has 0 spiro atoms. The molecule has 6 heteroatoms. The second-order valence-electron chi connectivity index (χ2n) is 6.38. The number of aromatic nitrogens is 1. The molecule has 128 valence electrons. The number of amides is 1. The van der Waals surface area contributed by atoms with E-state index in [0.717, 1.165) is 36.2 Å². The number of carboxylic acid groups (broad SMARTS) is 1. The van der Waals surface area contributed by atoms with Crippen molar-refractivity contribution < 1.29 is 14.7 Å². The summed E-state index contributed by atoms with van der Waals surface area (Å²) in [5.74, 6) is -0.886. The van der Waals surface area contributed by atoms with Gasteiger partial charge in [-0.1, -0.05) is 12.1 Å². The van der Waals surface area contributed by atoms with Crippen LogP contribution in [0.2, 0.25) is 0 Å². The molecule has 1 aliphatic carbocycles. The fraction of sp³-hybridized carbons (Fsp3) is 0.500. The van der Waals surface area contributed by atoms with E-state index in [0.29, 0.717) is 19.3 Å². The molecule has 0 bridgehead atoms. The Morgan fingerprint density at radius 1 is 1.21 bits per heavy atom. The van der Waals surface area contributed by atoms with Crippen molar-refractivity contribution >= 4 is 33.4 Å². The topological polar surface area (TPSA) is 79.3 Å². The maximum absolute atomic E-state index is 12.0. The minimum atomic E-state index is -0.712. The maximum atomic E-state index is 12.0. The molecule has 1 saturated carbocycles. The smallest absolute Gasteiger partial charge is 0.306 e. The van der Waals surface area contributed by atoms with Gasteiger partial charge in [0, 0.05) is 12.5 Å². The molecule has 1 amide bonds. The molecule has 1 fully saturated rings. The number of para-hydroxylation sites is 1. The number of aliphatic carboxylic acids is 1. The van der Waals surface area contributed by atoms with E-state index in [1.54, 1.807) is 11.3 Å². The number of carbonyl (C=O) groups excluding carboxylic acids is 1. The quantitative estimate of drug-likeness (QED) is 0.840. The zero-order chi connectivity index (χ0) is 16.9. The van der Waals surface area contributed by atoms with E-state index >= 15 is 0 Å². The third kappa shape index (κ3) is 4.32. The van der Waals surface area contributed by atoms with Gasteiger partial charge in [-0.3, -0.25) is 9.59 Å². The van der Waals surface area contributed by atoms with E-state index in [9.17, 15) is 9.59 Å². The van der Waals surface area contributed by atoms with Crippen LogP contribution in [0.25, 0.3) is 10.2 Å². The lowest BCUT2D eigenvalue weighted by Gasteiger charge is -2.26. The summed E-state index contributed by atoms with van der Waals surface area (Å²) >= 11 is 1.69. The van der Waals surface area contributed by atoms with E-state index < -0.39 is 5.97 Å². The van der Waals surface area contributed by atoms with Gasteiger partial charge >= 0.3 is 5.97 Å². The number of benzene rings is 1. The average molecular weight is 346 g/mol. The van der Waals surface area contributed by atoms with Crippen LogP contribution in [0.5, 0.6) is 0 Å². The molecule has 1 aromatic heterocycles. The van der Waals surface area contributed by atoms with Gasteiger partial charge in [-0.05, 0) is 50.7 Å². The van der Waals surface area contributed by atoms with E-state index in [1.807, 2.05) is 18.2 Å². The van der Waals surface area contributed by atoms with Crippen LogP contribution in [-0.2, 0) is 16.0 Å². The van der Waals surface area contributed by atoms with Crippen molar-refractivity contribution in [1.82, 2.24) is 10.3 Å². The fourth-order valence-corrected chi connectivity index (χ4v) is 4.22. The molecular weight excluding hydrogens is 324 g/mol. The largest absolute Gasteiger partial charge is 0.481 e. The summed E-state index contributed by atoms with van der Waals surface area (Å²) in [6, 6.07) is 8.21. The Labute approximate surface area is 145 Å². The van der Waals surface area contributed by atoms with Crippen LogP contribution >= 0.6 is 11.3 Å². The Bertz CT molecular complexity index is 687. The molecule has 1 heterocycles. The normalized spacial score (nSPS) is 20.8. The van der Waals surface area contributed by atoms with Crippen LogP contribution in [0.1, 0.15) is 43.5 Å². The van der Waals surface area contributed by atoms with Crippen LogP contribution < -0.4 is 5.32 Å². The predicted molar refractivity (Wildman–Crippen MR) is 94.1 cm³/mol. The summed E-state index contributed by atoms with van der Waals surface area (Å²) in [4.78, 5) is 27.6. The van der Waals surface area contributed by atoms with E-state index in [1.165, 1.54) is 4.70 Å². The van der Waals surface area contributed by atoms with Crippen molar-refractivity contribution in [3.63, 3.8) is 0 Å². The Kier molecular flexibility index (Phi) is 5.45. The average Bonchev–Trinajstić information content (AvgIpc) is 2.98. The van der Waals surface area contributed by atoms with Gasteiger partial charge in [0.25, 0.3) is 0 Å². The molecule has 0 unspecified atom stereocenters. The summed E-state index contributed by atoms with van der Waals surface area (Å²) in [5.41, 5.74) is 1.03. The lowest BCUT2D eigenvalue weighted by atomic mass is 9.86. The Morgan fingerprint density at radius 3 is 2.67 bits per heavy atom. The summed E-state index contributed by atoms with van der Waals surface area (Å²) in [6.45, 7) is 0. The first-order chi connectivity index (χ1) is 11.6. The van der Waals surface area contributed by atoms with Gasteiger partial charge in [-0.25, -0.2) is 4.98 Å². The molecule has 24 heavy (non-hydrogen) atoms. The van der Waals surface area contributed by atoms with Gasteiger partial charge in [-0.2, -0.15) is 0 Å². The highest BCUT2D eigenvalue weighted by Crippen LogP contribution is 2.25. The number of fused-ring (bicyclic) bond motifs is 1. The van der Waals surface area contributed by atoms with Crippen molar-refractivity contribution in [2.45, 2.75) is 51.0 Å². The van der Waals surface area contributed by atoms with Gasteiger partial charge < -0.3 is 10.4 Å². The summed E-state index contributed by atoms with van der Waals surface area (Å²) < 4.78 is 1.19. The van der Waals surface area contributed by atoms with Crippen LogP contribution in [0, 0.1) is 5.92 Å². The molecule has 1 aliphatic rings. The molecule has 0 atom stereocenters. The monoisotopic (exact) mass is 346 g/mol. The van der Waals surface area contributed by atoms with Crippen molar-refractivity contribution in [3.05, 3.63) is 29.3 Å². The Hall–Kier alpha value is -1.95. The maximum Gasteiger partial charge on any atom is 0.306 e. The van der Waals surface area contributed by atoms with E-state index in [4.69, 9.17) is 5.11 Å². The third-order valence-corrected chi connectivity index (χ3v) is 5.67. The first-order valence-corrected chi connectivity index (χ1v) is 9.30. The zero-order valence-electron chi connectivity index (χ0n) is 13.5. The van der Waals surface area contributed by atoms with E-state index in [2.05, 4.69) is 16.4 Å². The number of hydrogen-bond acceptors (Lipinski definition) is 4. The molecule has 0 radical (unpaired) electrons. The fourth-order valence-electron chi connectivity index (χ4n) is 3.21. The Morgan fingerprint density at radius 2 is 1.96 bits per heavy atom. The molecule has 0 saturated heterocycles. The number of aryl methyl sites for hydroxylation is 1. The highest BCUT2D eigenvalue weighted by atomic mass is 32.1. The molecule has 2 aromatic rings. The molecule has 5 nitrogen and oxygen atoms in total. The summed E-state index contributed by atoms with van der Waals surface area (Å²) in [7, 11) is 0. The molecular formula is C18H22N2O3S. The minimum Gasteiger partial charge on any atom is -0.481 e. The molecule has 0 aliphatic heterocycles. The molecule has 3 rings (SSSR count). The van der Waals surface area contributed by atoms with Gasteiger partial charge in [0.15, 0.2) is 0 Å². The standard InChI is InChI=1S/C18H22N2O3S/c21-16(19-13-10-8-12(9-11-13)18(22)23)6-3-7-17-20-14-4-1-2-5-15(14)24-17/h1-2,4-5,12-13H,3,6-11H2,(H,19,21)(H,22,23). The lowest BCUT2D eigenvalue weighted by Crippen LogP contribution is -2.38. The van der Waals surface area contributed by atoms with Crippen molar-refractivity contribution in [2.75, 3.05) is 0 Å². The SMILES string of the molecule is O=C(CCCc1nc2ccccc2s1)NC1CCC(C(=O)O)CC1. The number of carbonyl (C=O) groups is 2. The lowest BCUT2D eigenvalue weighted by molar-refractivity contribution is -0.142. The van der Waals surface area contributed by atoms with Crippen molar-refractivity contribution in [2.24, 2.45) is 5.92 Å². The minimum absolute atomic E-state index is 0.0647. The highest BCUT2D eigenvalue weighted by Gasteiger charge is 2.26. The number of thiazole rings is 1. The number of nitrogens with one attached hydrogen (secondary N) is 1. The molecule has 1 aromatic carbocycles. The third-order valence-electron chi connectivity index (χ3n) is 4.57. The second-order valence-corrected chi connectivity index (χ2v) is 7.50. The van der Waals surface area contributed by atoms with Crippen LogP contribution in [0.15, 0.2) is 24.3 Å². The van der Waals surface area contributed by atoms with Gasteiger partial charge in [-0.15, -0.1) is 11.3 Å². The zero-order valence-corrected chi connectivity index (χ0v) is 14.3. The van der Waals surface area contributed by atoms with Crippen molar-refractivity contribution in [1.29, 1.82) is 0 Å². The second kappa shape index (κ2) is 7.75. The van der Waals surface area contributed by atoms with Gasteiger partial charge in [0.1, 0.15) is 0 Å². The first kappa shape index (κ1) is 16.9.